The number of allylic oxidation sites excluding steroid dienone is 4. The summed E-state index contributed by atoms with van der Waals surface area (Å²) in [4.78, 5) is 94.7. The fourth-order valence-electron chi connectivity index (χ4n) is 16.5. The highest BCUT2D eigenvalue weighted by Gasteiger charge is 2.76. The van der Waals surface area contributed by atoms with Crippen molar-refractivity contribution >= 4 is 52.8 Å². The monoisotopic (exact) mass is 1280 g/mol. The van der Waals surface area contributed by atoms with Gasteiger partial charge in [-0.15, -0.1) is 0 Å². The number of oxime groups is 1. The number of amides is 3. The van der Waals surface area contributed by atoms with Gasteiger partial charge in [0, 0.05) is 46.9 Å². The molecule has 494 valence electrons. The average molecular weight is 1280 g/mol. The van der Waals surface area contributed by atoms with Crippen molar-refractivity contribution in [3.05, 3.63) is 118 Å². The number of aliphatic hydroxyl groups excluding tert-OH is 5. The summed E-state index contributed by atoms with van der Waals surface area (Å²) in [5, 5.41) is 88.4. The van der Waals surface area contributed by atoms with E-state index in [9.17, 15) is 69.3 Å². The Morgan fingerprint density at radius 2 is 1.57 bits per heavy atom. The van der Waals surface area contributed by atoms with Crippen LogP contribution in [0.4, 0.5) is 10.5 Å². The van der Waals surface area contributed by atoms with E-state index in [4.69, 9.17) is 28.5 Å². The molecule has 0 spiro atoms. The molecule has 25 nitrogen and oxygen atoms in total. The van der Waals surface area contributed by atoms with Gasteiger partial charge in [0.05, 0.1) is 23.6 Å². The summed E-state index contributed by atoms with van der Waals surface area (Å²) >= 11 is 0. The number of anilines is 1. The van der Waals surface area contributed by atoms with Crippen LogP contribution in [0.15, 0.2) is 95.7 Å². The number of aliphatic carboxylic acids is 2. The van der Waals surface area contributed by atoms with Crippen molar-refractivity contribution in [3.8, 4) is 5.75 Å². The molecule has 2 bridgehead atoms. The van der Waals surface area contributed by atoms with Gasteiger partial charge in [0.2, 0.25) is 12.2 Å². The largest absolute Gasteiger partial charge is 0.480 e. The minimum atomic E-state index is -1.99. The van der Waals surface area contributed by atoms with Crippen LogP contribution in [0.2, 0.25) is 0 Å². The zero-order chi connectivity index (χ0) is 65.8. The molecule has 0 aromatic heterocycles. The minimum Gasteiger partial charge on any atom is -0.480 e. The molecule has 92 heavy (non-hydrogen) atoms. The number of ether oxygens (including phenoxy) is 5. The quantitative estimate of drug-likeness (QED) is 0.0448. The molecule has 15 atom stereocenters. The van der Waals surface area contributed by atoms with Crippen molar-refractivity contribution in [1.82, 2.24) is 16.0 Å². The Balaban J connectivity index is 0.662. The third kappa shape index (κ3) is 12.6. The number of benzene rings is 3. The molecule has 11 N–H and O–H groups in total. The zero-order valence-corrected chi connectivity index (χ0v) is 51.9. The number of nitrogens with one attached hydrogen (secondary N) is 4. The molecule has 3 aromatic rings. The second-order valence-corrected chi connectivity index (χ2v) is 27.2. The molecule has 2 aliphatic heterocycles. The number of carbonyl (C=O) groups excluding carboxylic acids is 5. The fraction of sp³-hybridized carbons (Fsp3) is 0.552. The number of aliphatic hydroxyl groups is 5. The Morgan fingerprint density at radius 3 is 2.25 bits per heavy atom. The summed E-state index contributed by atoms with van der Waals surface area (Å²) in [6.45, 7) is 7.85. The van der Waals surface area contributed by atoms with Crippen molar-refractivity contribution in [3.63, 3.8) is 0 Å². The first kappa shape index (κ1) is 66.0. The van der Waals surface area contributed by atoms with Gasteiger partial charge in [-0.2, -0.15) is 0 Å². The second kappa shape index (κ2) is 25.8. The van der Waals surface area contributed by atoms with E-state index in [1.807, 2.05) is 51.1 Å². The Hall–Kier alpha value is -7.46. The van der Waals surface area contributed by atoms with Gasteiger partial charge in [-0.3, -0.25) is 24.0 Å². The normalized spacial score (nSPS) is 34.3. The summed E-state index contributed by atoms with van der Waals surface area (Å²) in [6, 6.07) is 18.4. The molecular formula is C67H81N5O20. The standard InChI is InChI=1S/C67H81N5O20/c1-34(2)69-46(58(82)83)22-36-6-11-39(12-7-36)35(3)72-88-30-52(78)68-21-19-51(77)70-45-23-38(10-17-48(45)89-61-56(81)54(79)55(80)57(91-61)59(84)85)29-87-62(86)71-66-31-65(32-66,33-66)26-37-8-13-40(14-9-37)60-90-50-25-44-43-16-15-41-24-42(74)18-20-63(41,4)53(43)47(75)27-64(44,5)67(50,92-60)49(76)28-73/h6-14,17-18,20,23-24,34,43-44,46-47,50,53-57,60-61,69,73,75,79-81H,15-16,19,21-22,25-33H2,1-5H3,(H,68,78)(H,70,77)(H,71,86)(H,82,83)(H,84,85)/b72-35-/t43-,44-,46?,47-,50+,53+,54-,55-,56+,57-,60+,61+,63-,64-,65?,66?,67+/m0/s1. The molecule has 25 heteroatoms. The van der Waals surface area contributed by atoms with E-state index >= 15 is 0 Å². The molecular weight excluding hydrogens is 1190 g/mol. The van der Waals surface area contributed by atoms with Crippen molar-refractivity contribution in [2.24, 2.45) is 39.2 Å². The highest BCUT2D eigenvalue weighted by Crippen LogP contribution is 2.71. The Morgan fingerprint density at radius 1 is 0.859 bits per heavy atom. The summed E-state index contributed by atoms with van der Waals surface area (Å²) in [6.07, 6.45) is -2.34. The Kier molecular flexibility index (Phi) is 18.5. The maximum atomic E-state index is 14.1. The molecule has 2 saturated heterocycles. The number of hydrogen-bond donors (Lipinski definition) is 11. The topological polar surface area (TPSA) is 377 Å². The maximum Gasteiger partial charge on any atom is 0.407 e. The van der Waals surface area contributed by atoms with Gasteiger partial charge in [-0.05, 0) is 129 Å². The molecule has 9 aliphatic rings. The van der Waals surface area contributed by atoms with Crippen LogP contribution < -0.4 is 26.0 Å². The molecule has 1 unspecified atom stereocenters. The molecule has 7 aliphatic carbocycles. The zero-order valence-electron chi connectivity index (χ0n) is 51.9. The maximum absolute atomic E-state index is 14.1. The van der Waals surface area contributed by atoms with E-state index in [-0.39, 0.29) is 78.8 Å². The average Bonchev–Trinajstić information content (AvgIpc) is 1.25. The van der Waals surface area contributed by atoms with Crippen LogP contribution in [0.5, 0.6) is 5.75 Å². The number of carboxylic acid groups (broad SMARTS) is 2. The van der Waals surface area contributed by atoms with Crippen molar-refractivity contribution in [2.75, 3.05) is 25.1 Å². The van der Waals surface area contributed by atoms with Crippen LogP contribution in [0.3, 0.4) is 0 Å². The molecule has 6 saturated carbocycles. The number of ketones is 2. The lowest BCUT2D eigenvalue weighted by Crippen LogP contribution is -2.75. The van der Waals surface area contributed by atoms with Crippen molar-refractivity contribution in [2.45, 2.75) is 178 Å². The van der Waals surface area contributed by atoms with Gasteiger partial charge in [-0.25, -0.2) is 9.59 Å². The van der Waals surface area contributed by atoms with Crippen LogP contribution in [-0.2, 0) is 72.0 Å². The minimum absolute atomic E-state index is 0.0195. The number of nitrogens with zero attached hydrogens (tertiary/aromatic N) is 1. The summed E-state index contributed by atoms with van der Waals surface area (Å²) < 4.78 is 30.3. The number of hydrogen-bond acceptors (Lipinski definition) is 20. The Bertz CT molecular complexity index is 3440. The van der Waals surface area contributed by atoms with Crippen LogP contribution in [-0.4, -0.2) is 169 Å². The molecule has 0 radical (unpaired) electrons. The fourth-order valence-corrected chi connectivity index (χ4v) is 16.5. The highest BCUT2D eigenvalue weighted by atomic mass is 16.7. The van der Waals surface area contributed by atoms with Crippen LogP contribution >= 0.6 is 0 Å². The summed E-state index contributed by atoms with van der Waals surface area (Å²) in [5.74, 6) is -4.65. The third-order valence-corrected chi connectivity index (χ3v) is 20.6. The second-order valence-electron chi connectivity index (χ2n) is 27.2. The van der Waals surface area contributed by atoms with E-state index in [0.29, 0.717) is 48.9 Å². The van der Waals surface area contributed by atoms with Crippen molar-refractivity contribution < 1.29 is 97.8 Å². The van der Waals surface area contributed by atoms with E-state index in [1.165, 1.54) is 18.2 Å². The smallest absolute Gasteiger partial charge is 0.407 e. The number of carbonyl (C=O) groups is 7. The molecule has 3 amide bonds. The summed E-state index contributed by atoms with van der Waals surface area (Å²) in [5.41, 5.74) is 1.74. The van der Waals surface area contributed by atoms with Crippen LogP contribution in [0, 0.1) is 34.0 Å². The van der Waals surface area contributed by atoms with Crippen LogP contribution in [0.25, 0.3) is 0 Å². The first-order valence-electron chi connectivity index (χ1n) is 31.3. The third-order valence-electron chi connectivity index (χ3n) is 20.6. The number of fused-ring (bicyclic) bond motifs is 7. The SMILES string of the molecule is C/C(=N/OCC(=O)NCCC(=O)Nc1cc(COC(=O)NC23CC(Cc4ccc([C@@H]5O[C@@H]6C[C@H]7[C@@H]8CCC9=CC(=O)C=C[C@]9(C)[C@H]8[C@@H](O)C[C@]7(C)[C@]6(C(=O)CO)O5)cc4)(C2)C3)ccc1O[C@@H]1O[C@H](C(=O)O)[C@@H](O)[C@H](O)[C@H]1O)c1ccc(CC(NC(C)C)C(=O)O)cc1. The first-order valence-corrected chi connectivity index (χ1v) is 31.3. The first-order chi connectivity index (χ1) is 43.7. The van der Waals surface area contributed by atoms with E-state index in [2.05, 4.69) is 33.3 Å². The highest BCUT2D eigenvalue weighted by molar-refractivity contribution is 6.01. The number of rotatable bonds is 24. The lowest BCUT2D eigenvalue weighted by atomic mass is 9.38. The lowest BCUT2D eigenvalue weighted by Gasteiger charge is -2.70. The van der Waals surface area contributed by atoms with Crippen molar-refractivity contribution in [1.29, 1.82) is 0 Å². The predicted octanol–water partition coefficient (Wildman–Crippen LogP) is 3.83. The van der Waals surface area contributed by atoms with Gasteiger partial charge in [-0.1, -0.05) is 99.1 Å². The lowest BCUT2D eigenvalue weighted by molar-refractivity contribution is -0.271. The summed E-state index contributed by atoms with van der Waals surface area (Å²) in [7, 11) is 0. The van der Waals surface area contributed by atoms with Gasteiger partial charge >= 0.3 is 18.0 Å². The van der Waals surface area contributed by atoms with Gasteiger partial charge < -0.3 is 85.5 Å². The predicted molar refractivity (Wildman–Crippen MR) is 325 cm³/mol. The molecule has 8 fully saturated rings. The van der Waals surface area contributed by atoms with E-state index in [1.54, 1.807) is 43.3 Å². The van der Waals surface area contributed by atoms with E-state index in [0.717, 1.165) is 35.1 Å². The number of alkyl carbamates (subject to hydrolysis) is 1. The molecule has 3 aromatic carbocycles. The van der Waals surface area contributed by atoms with Gasteiger partial charge in [0.25, 0.3) is 5.91 Å². The van der Waals surface area contributed by atoms with Gasteiger partial charge in [0.1, 0.15) is 43.3 Å². The molecule has 2 heterocycles. The molecule has 12 rings (SSSR count). The van der Waals surface area contributed by atoms with Crippen LogP contribution in [0.1, 0.15) is 120 Å². The number of carboxylic acids is 2. The number of Topliss-reactive ketones (excluding diaryl/α,β-unsaturated/α-hetero) is 1. The Labute approximate surface area is 530 Å². The van der Waals surface area contributed by atoms with Gasteiger partial charge in [0.15, 0.2) is 36.2 Å². The van der Waals surface area contributed by atoms with E-state index < -0.39 is 126 Å².